The Bertz CT molecular complexity index is 1050. The van der Waals surface area contributed by atoms with E-state index in [4.69, 9.17) is 14.5 Å². The van der Waals surface area contributed by atoms with Gasteiger partial charge < -0.3 is 9.47 Å². The number of carbonyl (C=O) groups is 2. The quantitative estimate of drug-likeness (QED) is 0.563. The predicted molar refractivity (Wildman–Crippen MR) is 118 cm³/mol. The lowest BCUT2D eigenvalue weighted by molar-refractivity contribution is 0.0600. The van der Waals surface area contributed by atoms with Gasteiger partial charge in [-0.1, -0.05) is 23.5 Å². The number of anilines is 1. The van der Waals surface area contributed by atoms with Crippen LogP contribution in [0.15, 0.2) is 36.4 Å². The molecule has 3 aromatic rings. The molecule has 0 saturated carbocycles. The second-order valence-electron chi connectivity index (χ2n) is 7.49. The molecule has 1 saturated heterocycles. The highest BCUT2D eigenvalue weighted by Gasteiger charge is 2.27. The van der Waals surface area contributed by atoms with Gasteiger partial charge in [0.15, 0.2) is 5.13 Å². The van der Waals surface area contributed by atoms with E-state index in [0.29, 0.717) is 22.8 Å². The van der Waals surface area contributed by atoms with Crippen LogP contribution in [0.2, 0.25) is 0 Å². The zero-order valence-electron chi connectivity index (χ0n) is 17.3. The van der Waals surface area contributed by atoms with E-state index in [9.17, 15) is 9.59 Å². The topological polar surface area (TPSA) is 68.7 Å². The van der Waals surface area contributed by atoms with Gasteiger partial charge in [0.2, 0.25) is 0 Å². The number of ether oxygens (including phenoxy) is 2. The first-order valence-electron chi connectivity index (χ1n) is 9.96. The van der Waals surface area contributed by atoms with Crippen molar-refractivity contribution < 1.29 is 19.1 Å². The fraction of sp³-hybridized carbons (Fsp3) is 0.348. The monoisotopic (exact) mass is 424 g/mol. The van der Waals surface area contributed by atoms with E-state index >= 15 is 0 Å². The summed E-state index contributed by atoms with van der Waals surface area (Å²) in [7, 11) is 1.34. The molecule has 1 aliphatic rings. The summed E-state index contributed by atoms with van der Waals surface area (Å²) in [5.41, 5.74) is 4.07. The third kappa shape index (κ3) is 3.95. The van der Waals surface area contributed by atoms with Crippen LogP contribution in [0, 0.1) is 13.8 Å². The molecule has 1 aromatic heterocycles. The minimum Gasteiger partial charge on any atom is -0.465 e. The molecular weight excluding hydrogens is 400 g/mol. The largest absolute Gasteiger partial charge is 0.465 e. The van der Waals surface area contributed by atoms with E-state index in [2.05, 4.69) is 19.1 Å². The third-order valence-electron chi connectivity index (χ3n) is 5.37. The summed E-state index contributed by atoms with van der Waals surface area (Å²) < 4.78 is 11.6. The third-order valence-corrected chi connectivity index (χ3v) is 6.58. The van der Waals surface area contributed by atoms with Gasteiger partial charge in [0.25, 0.3) is 5.91 Å². The van der Waals surface area contributed by atoms with E-state index in [1.807, 2.05) is 6.92 Å². The van der Waals surface area contributed by atoms with Crippen LogP contribution in [-0.2, 0) is 9.47 Å². The van der Waals surface area contributed by atoms with E-state index < -0.39 is 5.97 Å². The Labute approximate surface area is 179 Å². The maximum atomic E-state index is 13.5. The van der Waals surface area contributed by atoms with Crippen LogP contribution in [0.5, 0.6) is 0 Å². The van der Waals surface area contributed by atoms with Crippen molar-refractivity contribution in [3.63, 3.8) is 0 Å². The van der Waals surface area contributed by atoms with Crippen molar-refractivity contribution in [2.24, 2.45) is 0 Å². The van der Waals surface area contributed by atoms with E-state index in [0.717, 1.165) is 40.8 Å². The summed E-state index contributed by atoms with van der Waals surface area (Å²) in [6.07, 6.45) is 1.92. The summed E-state index contributed by atoms with van der Waals surface area (Å²) in [6, 6.07) is 10.7. The average Bonchev–Trinajstić information content (AvgIpc) is 3.44. The number of benzene rings is 2. The molecule has 1 unspecified atom stereocenters. The summed E-state index contributed by atoms with van der Waals surface area (Å²) in [5, 5.41) is 0.667. The molecule has 0 N–H and O–H groups in total. The lowest BCUT2D eigenvalue weighted by Crippen LogP contribution is -2.37. The Morgan fingerprint density at radius 2 is 1.83 bits per heavy atom. The second-order valence-corrected chi connectivity index (χ2v) is 8.47. The number of thiazole rings is 1. The van der Waals surface area contributed by atoms with Crippen LogP contribution in [0.4, 0.5) is 5.13 Å². The molecule has 0 aliphatic carbocycles. The summed E-state index contributed by atoms with van der Waals surface area (Å²) in [6.45, 7) is 5.26. The van der Waals surface area contributed by atoms with Crippen LogP contribution in [0.25, 0.3) is 10.2 Å². The van der Waals surface area contributed by atoms with Gasteiger partial charge in [-0.15, -0.1) is 0 Å². The van der Waals surface area contributed by atoms with E-state index in [1.54, 1.807) is 29.2 Å². The number of methoxy groups -OCH3 is 1. The number of fused-ring (bicyclic) bond motifs is 1. The molecule has 0 spiro atoms. The fourth-order valence-electron chi connectivity index (χ4n) is 3.63. The smallest absolute Gasteiger partial charge is 0.337 e. The Hall–Kier alpha value is -2.77. The first-order valence-corrected chi connectivity index (χ1v) is 10.8. The highest BCUT2D eigenvalue weighted by molar-refractivity contribution is 7.22. The van der Waals surface area contributed by atoms with Gasteiger partial charge >= 0.3 is 5.97 Å². The maximum Gasteiger partial charge on any atom is 0.337 e. The fourth-order valence-corrected chi connectivity index (χ4v) is 4.75. The number of nitrogens with zero attached hydrogens (tertiary/aromatic N) is 2. The SMILES string of the molecule is COC(=O)c1ccc(C(=O)N(CC2CCCO2)c2nc3c(C)ccc(C)c3s2)cc1. The normalized spacial score (nSPS) is 16.0. The van der Waals surface area contributed by atoms with Crippen LogP contribution >= 0.6 is 11.3 Å². The van der Waals surface area contributed by atoms with Gasteiger partial charge in [-0.3, -0.25) is 9.69 Å². The van der Waals surface area contributed by atoms with Gasteiger partial charge in [-0.2, -0.15) is 0 Å². The molecule has 6 nitrogen and oxygen atoms in total. The molecule has 1 amide bonds. The molecule has 7 heteroatoms. The Morgan fingerprint density at radius 3 is 2.47 bits per heavy atom. The minimum atomic E-state index is -0.428. The zero-order chi connectivity index (χ0) is 21.3. The Kier molecular flexibility index (Phi) is 5.83. The molecule has 0 bridgehead atoms. The average molecular weight is 425 g/mol. The van der Waals surface area contributed by atoms with E-state index in [-0.39, 0.29) is 12.0 Å². The van der Waals surface area contributed by atoms with Crippen LogP contribution in [-0.4, -0.2) is 43.2 Å². The summed E-state index contributed by atoms with van der Waals surface area (Å²) in [5.74, 6) is -0.585. The molecule has 2 aromatic carbocycles. The van der Waals surface area contributed by atoms with E-state index in [1.165, 1.54) is 18.4 Å². The molecule has 30 heavy (non-hydrogen) atoms. The van der Waals surface area contributed by atoms with Crippen molar-refractivity contribution in [2.45, 2.75) is 32.8 Å². The summed E-state index contributed by atoms with van der Waals surface area (Å²) in [4.78, 5) is 31.7. The van der Waals surface area contributed by atoms with Crippen LogP contribution in [0.3, 0.4) is 0 Å². The van der Waals surface area contributed by atoms with Crippen molar-refractivity contribution in [2.75, 3.05) is 25.2 Å². The van der Waals surface area contributed by atoms with Crippen molar-refractivity contribution >= 4 is 38.6 Å². The zero-order valence-corrected chi connectivity index (χ0v) is 18.1. The molecule has 1 aliphatic heterocycles. The number of hydrogen-bond donors (Lipinski definition) is 0. The molecule has 1 atom stereocenters. The van der Waals surface area contributed by atoms with Gasteiger partial charge in [-0.25, -0.2) is 9.78 Å². The number of esters is 1. The molecule has 2 heterocycles. The van der Waals surface area contributed by atoms with Crippen molar-refractivity contribution in [3.8, 4) is 0 Å². The molecular formula is C23H24N2O4S. The van der Waals surface area contributed by atoms with Crippen molar-refractivity contribution in [1.29, 1.82) is 0 Å². The first-order chi connectivity index (χ1) is 14.5. The minimum absolute atomic E-state index is 0.00232. The van der Waals surface area contributed by atoms with Crippen LogP contribution < -0.4 is 4.90 Å². The molecule has 4 rings (SSSR count). The van der Waals surface area contributed by atoms with Crippen molar-refractivity contribution in [1.82, 2.24) is 4.98 Å². The summed E-state index contributed by atoms with van der Waals surface area (Å²) >= 11 is 1.53. The number of aryl methyl sites for hydroxylation is 2. The highest BCUT2D eigenvalue weighted by atomic mass is 32.1. The number of carbonyl (C=O) groups excluding carboxylic acids is 2. The van der Waals surface area contributed by atoms with Gasteiger partial charge in [-0.05, 0) is 62.1 Å². The van der Waals surface area contributed by atoms with Crippen molar-refractivity contribution in [3.05, 3.63) is 58.7 Å². The number of hydrogen-bond acceptors (Lipinski definition) is 6. The number of aromatic nitrogens is 1. The molecule has 0 radical (unpaired) electrons. The second kappa shape index (κ2) is 8.53. The first kappa shape index (κ1) is 20.5. The van der Waals surface area contributed by atoms with Gasteiger partial charge in [0, 0.05) is 12.2 Å². The lowest BCUT2D eigenvalue weighted by atomic mass is 10.1. The lowest BCUT2D eigenvalue weighted by Gasteiger charge is -2.23. The standard InChI is InChI=1S/C23H24N2O4S/c1-14-6-7-15(2)20-19(14)24-23(30-20)25(13-18-5-4-12-29-18)21(26)16-8-10-17(11-9-16)22(27)28-3/h6-11,18H,4-5,12-13H2,1-3H3. The molecule has 156 valence electrons. The number of rotatable bonds is 5. The highest BCUT2D eigenvalue weighted by Crippen LogP contribution is 2.34. The Morgan fingerprint density at radius 1 is 1.13 bits per heavy atom. The maximum absolute atomic E-state index is 13.5. The Balaban J connectivity index is 1.71. The van der Waals surface area contributed by atoms with Gasteiger partial charge in [0.05, 0.1) is 35.5 Å². The predicted octanol–water partition coefficient (Wildman–Crippen LogP) is 4.53. The molecule has 1 fully saturated rings. The number of amides is 1. The van der Waals surface area contributed by atoms with Crippen LogP contribution in [0.1, 0.15) is 44.7 Å². The van der Waals surface area contributed by atoms with Gasteiger partial charge in [0.1, 0.15) is 0 Å².